The van der Waals surface area contributed by atoms with Gasteiger partial charge in [0.1, 0.15) is 0 Å². The van der Waals surface area contributed by atoms with Crippen LogP contribution in [0.4, 0.5) is 0 Å². The molecule has 0 aliphatic carbocycles. The second kappa shape index (κ2) is 6.35. The first-order valence-electron chi connectivity index (χ1n) is 5.27. The molecular formula is C10H21NO2. The van der Waals surface area contributed by atoms with E-state index in [-0.39, 0.29) is 6.10 Å². The molecule has 0 bridgehead atoms. The molecule has 1 heterocycles. The molecule has 2 unspecified atom stereocenters. The summed E-state index contributed by atoms with van der Waals surface area (Å²) in [5.74, 6) is 0. The van der Waals surface area contributed by atoms with Gasteiger partial charge < -0.3 is 14.8 Å². The van der Waals surface area contributed by atoms with Crippen molar-refractivity contribution in [1.29, 1.82) is 0 Å². The van der Waals surface area contributed by atoms with E-state index in [1.54, 1.807) is 0 Å². The van der Waals surface area contributed by atoms with Gasteiger partial charge in [0, 0.05) is 13.2 Å². The normalized spacial score (nSPS) is 25.8. The van der Waals surface area contributed by atoms with Crippen LogP contribution in [0.5, 0.6) is 0 Å². The minimum atomic E-state index is 0.227. The number of ether oxygens (including phenoxy) is 2. The highest BCUT2D eigenvalue weighted by Gasteiger charge is 2.15. The van der Waals surface area contributed by atoms with Crippen molar-refractivity contribution in [1.82, 2.24) is 5.32 Å². The van der Waals surface area contributed by atoms with Gasteiger partial charge in [0.15, 0.2) is 0 Å². The molecule has 1 aliphatic heterocycles. The largest absolute Gasteiger partial charge is 0.379 e. The van der Waals surface area contributed by atoms with Crippen molar-refractivity contribution >= 4 is 0 Å². The van der Waals surface area contributed by atoms with Crippen LogP contribution in [0.1, 0.15) is 26.7 Å². The summed E-state index contributed by atoms with van der Waals surface area (Å²) in [6.07, 6.45) is 3.03. The molecule has 3 nitrogen and oxygen atoms in total. The van der Waals surface area contributed by atoms with Crippen molar-refractivity contribution in [3.63, 3.8) is 0 Å². The Morgan fingerprint density at radius 1 is 1.54 bits per heavy atom. The summed E-state index contributed by atoms with van der Waals surface area (Å²) in [7, 11) is 0. The smallest absolute Gasteiger partial charge is 0.0784 e. The molecule has 1 fully saturated rings. The minimum Gasteiger partial charge on any atom is -0.379 e. The molecule has 0 aromatic carbocycles. The maximum atomic E-state index is 5.81. The number of nitrogens with one attached hydrogen (secondary N) is 1. The molecule has 0 aromatic heterocycles. The molecule has 1 saturated heterocycles. The van der Waals surface area contributed by atoms with E-state index in [2.05, 4.69) is 12.2 Å². The molecule has 1 N–H and O–H groups in total. The summed E-state index contributed by atoms with van der Waals surface area (Å²) in [6.45, 7) is 7.71. The van der Waals surface area contributed by atoms with Gasteiger partial charge in [-0.3, -0.25) is 0 Å². The number of rotatable bonds is 5. The zero-order chi connectivity index (χ0) is 9.52. The van der Waals surface area contributed by atoms with Crippen molar-refractivity contribution in [3.8, 4) is 0 Å². The van der Waals surface area contributed by atoms with E-state index in [1.807, 2.05) is 6.92 Å². The summed E-state index contributed by atoms with van der Waals surface area (Å²) in [5, 5.41) is 3.33. The Morgan fingerprint density at radius 2 is 2.38 bits per heavy atom. The second-order valence-electron chi connectivity index (χ2n) is 3.57. The lowest BCUT2D eigenvalue weighted by atomic mass is 10.1. The van der Waals surface area contributed by atoms with Crippen LogP contribution in [0, 0.1) is 0 Å². The average molecular weight is 187 g/mol. The first kappa shape index (κ1) is 11.0. The van der Waals surface area contributed by atoms with Gasteiger partial charge in [0.05, 0.1) is 18.8 Å². The van der Waals surface area contributed by atoms with Gasteiger partial charge in [-0.1, -0.05) is 0 Å². The predicted octanol–water partition coefficient (Wildman–Crippen LogP) is 1.18. The van der Waals surface area contributed by atoms with E-state index in [0.717, 1.165) is 19.7 Å². The van der Waals surface area contributed by atoms with E-state index in [1.165, 1.54) is 12.8 Å². The molecule has 3 heteroatoms. The summed E-state index contributed by atoms with van der Waals surface area (Å²) in [4.78, 5) is 0. The zero-order valence-electron chi connectivity index (χ0n) is 8.71. The highest BCUT2D eigenvalue weighted by molar-refractivity contribution is 4.69. The van der Waals surface area contributed by atoms with Crippen LogP contribution in [-0.2, 0) is 9.47 Å². The lowest BCUT2D eigenvalue weighted by molar-refractivity contribution is -0.0530. The summed E-state index contributed by atoms with van der Waals surface area (Å²) < 4.78 is 11.1. The Bertz CT molecular complexity index is 124. The lowest BCUT2D eigenvalue weighted by Gasteiger charge is -2.26. The maximum absolute atomic E-state index is 5.81. The molecule has 1 aliphatic rings. The van der Waals surface area contributed by atoms with E-state index in [0.29, 0.717) is 12.7 Å². The van der Waals surface area contributed by atoms with Gasteiger partial charge in [-0.25, -0.2) is 0 Å². The van der Waals surface area contributed by atoms with Crippen molar-refractivity contribution < 1.29 is 9.47 Å². The van der Waals surface area contributed by atoms with Crippen LogP contribution in [-0.4, -0.2) is 38.5 Å². The molecule has 0 amide bonds. The van der Waals surface area contributed by atoms with Gasteiger partial charge in [0.25, 0.3) is 0 Å². The molecule has 0 aromatic rings. The summed E-state index contributed by atoms with van der Waals surface area (Å²) >= 11 is 0. The van der Waals surface area contributed by atoms with E-state index < -0.39 is 0 Å². The Hall–Kier alpha value is -0.120. The molecule has 78 valence electrons. The third kappa shape index (κ3) is 4.60. The van der Waals surface area contributed by atoms with E-state index in [9.17, 15) is 0 Å². The average Bonchev–Trinajstić information content (AvgIpc) is 2.16. The molecular weight excluding hydrogens is 166 g/mol. The van der Waals surface area contributed by atoms with Gasteiger partial charge in [0.2, 0.25) is 0 Å². The number of hydrogen-bond donors (Lipinski definition) is 1. The second-order valence-corrected chi connectivity index (χ2v) is 3.57. The van der Waals surface area contributed by atoms with Gasteiger partial charge in [-0.05, 0) is 33.2 Å². The predicted molar refractivity (Wildman–Crippen MR) is 52.9 cm³/mol. The van der Waals surface area contributed by atoms with Gasteiger partial charge in [-0.2, -0.15) is 0 Å². The highest BCUT2D eigenvalue weighted by Crippen LogP contribution is 2.08. The lowest BCUT2D eigenvalue weighted by Crippen LogP contribution is -2.38. The third-order valence-corrected chi connectivity index (χ3v) is 2.23. The van der Waals surface area contributed by atoms with Crippen LogP contribution in [0.3, 0.4) is 0 Å². The van der Waals surface area contributed by atoms with Crippen LogP contribution >= 0.6 is 0 Å². The Labute approximate surface area is 80.8 Å². The Balaban J connectivity index is 2.07. The fourth-order valence-electron chi connectivity index (χ4n) is 1.59. The van der Waals surface area contributed by atoms with Crippen molar-refractivity contribution in [2.45, 2.75) is 38.9 Å². The monoisotopic (exact) mass is 187 g/mol. The number of hydrogen-bond acceptors (Lipinski definition) is 3. The maximum Gasteiger partial charge on any atom is 0.0784 e. The van der Waals surface area contributed by atoms with E-state index in [4.69, 9.17) is 9.47 Å². The standard InChI is InChI=1S/C10H21NO2/c1-3-12-8-9(2)13-10-5-4-6-11-7-10/h9-11H,3-8H2,1-2H3. The van der Waals surface area contributed by atoms with Crippen LogP contribution in [0.15, 0.2) is 0 Å². The van der Waals surface area contributed by atoms with Gasteiger partial charge in [-0.15, -0.1) is 0 Å². The topological polar surface area (TPSA) is 30.5 Å². The highest BCUT2D eigenvalue weighted by atomic mass is 16.5. The summed E-state index contributed by atoms with van der Waals surface area (Å²) in [6, 6.07) is 0. The first-order chi connectivity index (χ1) is 6.33. The minimum absolute atomic E-state index is 0.227. The molecule has 0 radical (unpaired) electrons. The Kier molecular flexibility index (Phi) is 5.35. The Morgan fingerprint density at radius 3 is 3.00 bits per heavy atom. The fourth-order valence-corrected chi connectivity index (χ4v) is 1.59. The van der Waals surface area contributed by atoms with Crippen LogP contribution < -0.4 is 5.32 Å². The molecule has 13 heavy (non-hydrogen) atoms. The quantitative estimate of drug-likeness (QED) is 0.701. The van der Waals surface area contributed by atoms with E-state index >= 15 is 0 Å². The van der Waals surface area contributed by atoms with Crippen molar-refractivity contribution in [2.24, 2.45) is 0 Å². The van der Waals surface area contributed by atoms with Crippen LogP contribution in [0.25, 0.3) is 0 Å². The van der Waals surface area contributed by atoms with Crippen molar-refractivity contribution in [3.05, 3.63) is 0 Å². The third-order valence-electron chi connectivity index (χ3n) is 2.23. The molecule has 2 atom stereocenters. The fraction of sp³-hybridized carbons (Fsp3) is 1.00. The first-order valence-corrected chi connectivity index (χ1v) is 5.27. The van der Waals surface area contributed by atoms with Crippen molar-refractivity contribution in [2.75, 3.05) is 26.3 Å². The molecule has 0 spiro atoms. The molecule has 0 saturated carbocycles. The molecule has 1 rings (SSSR count). The summed E-state index contributed by atoms with van der Waals surface area (Å²) in [5.41, 5.74) is 0. The zero-order valence-corrected chi connectivity index (χ0v) is 8.71. The van der Waals surface area contributed by atoms with Gasteiger partial charge >= 0.3 is 0 Å². The SMILES string of the molecule is CCOCC(C)OC1CCCNC1. The van der Waals surface area contributed by atoms with Crippen LogP contribution in [0.2, 0.25) is 0 Å². The number of piperidine rings is 1.